The van der Waals surface area contributed by atoms with Gasteiger partial charge in [0.2, 0.25) is 0 Å². The predicted molar refractivity (Wildman–Crippen MR) is 69.0 cm³/mol. The molecule has 100 valence electrons. The van der Waals surface area contributed by atoms with Gasteiger partial charge in [-0.25, -0.2) is 14.3 Å². The van der Waals surface area contributed by atoms with Crippen LogP contribution >= 0.6 is 11.8 Å². The fourth-order valence-corrected chi connectivity index (χ4v) is 2.60. The Kier molecular flexibility index (Phi) is 4.16. The summed E-state index contributed by atoms with van der Waals surface area (Å²) in [4.78, 5) is 22.9. The summed E-state index contributed by atoms with van der Waals surface area (Å²) in [6.45, 7) is 2.45. The van der Waals surface area contributed by atoms with E-state index in [0.29, 0.717) is 22.9 Å². The molecule has 7 heteroatoms. The molecule has 0 saturated carbocycles. The first kappa shape index (κ1) is 13.5. The van der Waals surface area contributed by atoms with Crippen LogP contribution in [0.3, 0.4) is 0 Å². The number of aromatic amines is 1. The maximum absolute atomic E-state index is 13.5. The smallest absolute Gasteiger partial charge is 0.298 e. The lowest BCUT2D eigenvalue weighted by molar-refractivity contribution is 0.111. The topological polar surface area (TPSA) is 67.8 Å². The zero-order valence-corrected chi connectivity index (χ0v) is 11.0. The Morgan fingerprint density at radius 3 is 3.00 bits per heavy atom. The monoisotopic (exact) mass is 281 g/mol. The lowest BCUT2D eigenvalue weighted by Gasteiger charge is -2.06. The van der Waals surface area contributed by atoms with Crippen molar-refractivity contribution >= 4 is 18.0 Å². The third kappa shape index (κ3) is 2.76. The molecule has 0 saturated heterocycles. The molecular formula is C12H12FN3O2S. The number of hydrogen-bond donors (Lipinski definition) is 1. The van der Waals surface area contributed by atoms with Gasteiger partial charge in [-0.3, -0.25) is 9.36 Å². The molecular weight excluding hydrogens is 269 g/mol. The Labute approximate surface area is 112 Å². The van der Waals surface area contributed by atoms with Crippen LogP contribution in [0.15, 0.2) is 33.0 Å². The van der Waals surface area contributed by atoms with Gasteiger partial charge in [-0.1, -0.05) is 13.0 Å². The van der Waals surface area contributed by atoms with E-state index in [4.69, 9.17) is 0 Å². The van der Waals surface area contributed by atoms with Crippen LogP contribution in [0.1, 0.15) is 23.7 Å². The number of aldehydes is 1. The third-order valence-electron chi connectivity index (χ3n) is 2.50. The van der Waals surface area contributed by atoms with Crippen molar-refractivity contribution in [1.82, 2.24) is 14.8 Å². The molecule has 0 unspecified atom stereocenters. The Morgan fingerprint density at radius 1 is 1.53 bits per heavy atom. The van der Waals surface area contributed by atoms with Gasteiger partial charge in [-0.15, -0.1) is 5.10 Å². The van der Waals surface area contributed by atoms with Crippen LogP contribution < -0.4 is 5.69 Å². The fourth-order valence-electron chi connectivity index (χ4n) is 1.62. The Morgan fingerprint density at radius 2 is 2.32 bits per heavy atom. The minimum atomic E-state index is -0.583. The highest BCUT2D eigenvalue weighted by Crippen LogP contribution is 2.28. The van der Waals surface area contributed by atoms with E-state index >= 15 is 0 Å². The Hall–Kier alpha value is -1.89. The van der Waals surface area contributed by atoms with E-state index in [1.54, 1.807) is 6.07 Å². The molecule has 0 spiro atoms. The predicted octanol–water partition coefficient (Wildman–Crippen LogP) is 2.08. The zero-order valence-electron chi connectivity index (χ0n) is 10.2. The maximum Gasteiger partial charge on any atom is 0.343 e. The molecule has 1 aromatic carbocycles. The van der Waals surface area contributed by atoms with Crippen molar-refractivity contribution in [3.8, 4) is 0 Å². The summed E-state index contributed by atoms with van der Waals surface area (Å²) in [7, 11) is 0. The summed E-state index contributed by atoms with van der Waals surface area (Å²) in [5.41, 5.74) is -0.334. The van der Waals surface area contributed by atoms with Gasteiger partial charge in [-0.05, 0) is 30.3 Å². The van der Waals surface area contributed by atoms with Crippen molar-refractivity contribution < 1.29 is 9.18 Å². The van der Waals surface area contributed by atoms with E-state index in [9.17, 15) is 14.0 Å². The highest BCUT2D eigenvalue weighted by molar-refractivity contribution is 7.99. The number of carbonyl (C=O) groups excluding carboxylic acids is 1. The highest BCUT2D eigenvalue weighted by Gasteiger charge is 2.13. The second-order valence-corrected chi connectivity index (χ2v) is 4.84. The molecule has 0 aliphatic rings. The summed E-state index contributed by atoms with van der Waals surface area (Å²) >= 11 is 1.09. The Bertz CT molecular complexity index is 651. The number of hydrogen-bond acceptors (Lipinski definition) is 4. The highest BCUT2D eigenvalue weighted by atomic mass is 32.2. The summed E-state index contributed by atoms with van der Waals surface area (Å²) < 4.78 is 14.9. The van der Waals surface area contributed by atoms with Gasteiger partial charge >= 0.3 is 5.69 Å². The van der Waals surface area contributed by atoms with Gasteiger partial charge < -0.3 is 0 Å². The van der Waals surface area contributed by atoms with Gasteiger partial charge in [-0.2, -0.15) is 0 Å². The quantitative estimate of drug-likeness (QED) is 0.852. The van der Waals surface area contributed by atoms with Crippen LogP contribution in [0.25, 0.3) is 0 Å². The van der Waals surface area contributed by atoms with E-state index in [-0.39, 0.29) is 11.3 Å². The standard InChI is InChI=1S/C12H12FN3O2S/c1-2-6-16-11(18)14-15-12(16)19-10-5-3-4-9(13)8(10)7-17/h3-5,7H,2,6H2,1H3,(H,14,18). The van der Waals surface area contributed by atoms with Crippen LogP contribution in [-0.4, -0.2) is 21.1 Å². The van der Waals surface area contributed by atoms with Gasteiger partial charge in [0.1, 0.15) is 5.82 Å². The molecule has 0 fully saturated rings. The SMILES string of the molecule is CCCn1c(Sc2cccc(F)c2C=O)n[nH]c1=O. The van der Waals surface area contributed by atoms with Gasteiger partial charge in [0, 0.05) is 11.4 Å². The first-order chi connectivity index (χ1) is 9.17. The second kappa shape index (κ2) is 5.83. The van der Waals surface area contributed by atoms with Crippen molar-refractivity contribution in [3.63, 3.8) is 0 Å². The number of rotatable bonds is 5. The van der Waals surface area contributed by atoms with Crippen LogP contribution in [0.2, 0.25) is 0 Å². The molecule has 2 rings (SSSR count). The Balaban J connectivity index is 2.39. The lowest BCUT2D eigenvalue weighted by Crippen LogP contribution is -2.17. The molecule has 0 aliphatic heterocycles. The molecule has 0 atom stereocenters. The number of benzene rings is 1. The second-order valence-electron chi connectivity index (χ2n) is 3.83. The van der Waals surface area contributed by atoms with Crippen molar-refractivity contribution in [1.29, 1.82) is 0 Å². The molecule has 1 heterocycles. The van der Waals surface area contributed by atoms with Gasteiger partial charge in [0.25, 0.3) is 0 Å². The number of aromatic nitrogens is 3. The van der Waals surface area contributed by atoms with E-state index in [1.807, 2.05) is 6.92 Å². The molecule has 0 aliphatic carbocycles. The summed E-state index contributed by atoms with van der Waals surface area (Å²) in [5, 5.41) is 6.65. The summed E-state index contributed by atoms with van der Waals surface area (Å²) in [6, 6.07) is 4.35. The first-order valence-electron chi connectivity index (χ1n) is 5.74. The lowest BCUT2D eigenvalue weighted by atomic mass is 10.2. The number of nitrogens with one attached hydrogen (secondary N) is 1. The fraction of sp³-hybridized carbons (Fsp3) is 0.250. The van der Waals surface area contributed by atoms with Crippen molar-refractivity contribution in [2.24, 2.45) is 0 Å². The maximum atomic E-state index is 13.5. The molecule has 5 nitrogen and oxygen atoms in total. The third-order valence-corrected chi connectivity index (χ3v) is 3.57. The largest absolute Gasteiger partial charge is 0.343 e. The molecule has 1 N–H and O–H groups in total. The van der Waals surface area contributed by atoms with Crippen LogP contribution in [0.4, 0.5) is 4.39 Å². The summed E-state index contributed by atoms with van der Waals surface area (Å²) in [5.74, 6) is -0.583. The first-order valence-corrected chi connectivity index (χ1v) is 6.55. The van der Waals surface area contributed by atoms with E-state index in [2.05, 4.69) is 10.2 Å². The molecule has 19 heavy (non-hydrogen) atoms. The molecule has 0 amide bonds. The van der Waals surface area contributed by atoms with Crippen molar-refractivity contribution in [2.75, 3.05) is 0 Å². The van der Waals surface area contributed by atoms with Gasteiger partial charge in [0.05, 0.1) is 5.56 Å². The van der Waals surface area contributed by atoms with Crippen LogP contribution in [0.5, 0.6) is 0 Å². The van der Waals surface area contributed by atoms with Gasteiger partial charge in [0.15, 0.2) is 11.4 Å². The number of H-pyrrole nitrogens is 1. The van der Waals surface area contributed by atoms with Crippen LogP contribution in [-0.2, 0) is 6.54 Å². The van der Waals surface area contributed by atoms with Crippen molar-refractivity contribution in [3.05, 3.63) is 40.1 Å². The van der Waals surface area contributed by atoms with E-state index < -0.39 is 5.82 Å². The number of halogens is 1. The number of nitrogens with zero attached hydrogens (tertiary/aromatic N) is 2. The minimum absolute atomic E-state index is 0.0222. The summed E-state index contributed by atoms with van der Waals surface area (Å²) in [6.07, 6.45) is 1.24. The minimum Gasteiger partial charge on any atom is -0.298 e. The molecule has 0 bridgehead atoms. The molecule has 2 aromatic rings. The van der Waals surface area contributed by atoms with E-state index in [1.165, 1.54) is 16.7 Å². The van der Waals surface area contributed by atoms with Crippen molar-refractivity contribution in [2.45, 2.75) is 29.9 Å². The zero-order chi connectivity index (χ0) is 13.8. The molecule has 0 radical (unpaired) electrons. The number of carbonyl (C=O) groups is 1. The van der Waals surface area contributed by atoms with E-state index in [0.717, 1.165) is 18.2 Å². The average Bonchev–Trinajstić information content (AvgIpc) is 2.72. The normalized spacial score (nSPS) is 10.6. The molecule has 1 aromatic heterocycles. The van der Waals surface area contributed by atoms with Crippen LogP contribution in [0, 0.1) is 5.82 Å². The average molecular weight is 281 g/mol.